The molecule has 0 aromatic heterocycles. The number of nitro groups is 1. The number of ether oxygens (including phenoxy) is 1. The van der Waals surface area contributed by atoms with Crippen LogP contribution in [0.15, 0.2) is 58.5 Å². The van der Waals surface area contributed by atoms with Crippen LogP contribution in [0.25, 0.3) is 0 Å². The number of hydrogen-bond donors (Lipinski definition) is 0. The van der Waals surface area contributed by atoms with Crippen LogP contribution in [0.1, 0.15) is 22.1 Å². The highest BCUT2D eigenvalue weighted by atomic mass is 32.2. The van der Waals surface area contributed by atoms with Crippen molar-refractivity contribution in [2.75, 3.05) is 26.3 Å². The molecule has 1 fully saturated rings. The average Bonchev–Trinajstić information content (AvgIpc) is 2.74. The largest absolute Gasteiger partial charge is 0.378 e. The van der Waals surface area contributed by atoms with E-state index in [1.807, 2.05) is 31.2 Å². The van der Waals surface area contributed by atoms with E-state index in [9.17, 15) is 10.1 Å². The van der Waals surface area contributed by atoms with Gasteiger partial charge in [0.25, 0.3) is 5.69 Å². The van der Waals surface area contributed by atoms with Crippen molar-refractivity contribution in [3.63, 3.8) is 0 Å². The molecule has 144 valence electrons. The predicted octanol–water partition coefficient (Wildman–Crippen LogP) is 3.78. The molecule has 2 heterocycles. The molecule has 0 radical (unpaired) electrons. The molecular formula is C20H20N4O3S. The summed E-state index contributed by atoms with van der Waals surface area (Å²) in [6.45, 7) is 4.99. The fraction of sp³-hybridized carbons (Fsp3) is 0.300. The number of rotatable bonds is 3. The Hall–Kier alpha value is -2.71. The number of non-ortho nitro benzene ring substituents is 1. The normalized spacial score (nSPS) is 19.8. The average molecular weight is 396 g/mol. The maximum atomic E-state index is 10.9. The molecule has 0 N–H and O–H groups in total. The van der Waals surface area contributed by atoms with Gasteiger partial charge in [-0.3, -0.25) is 10.1 Å². The van der Waals surface area contributed by atoms with Crippen molar-refractivity contribution in [3.8, 4) is 0 Å². The SMILES string of the molecule is Cc1ccc(C2=NC(c3ccc([N+](=O)[O-])cc3)SC(N3CCOCC3)=N2)cc1. The van der Waals surface area contributed by atoms with Crippen molar-refractivity contribution in [1.29, 1.82) is 0 Å². The van der Waals surface area contributed by atoms with Crippen molar-refractivity contribution in [3.05, 3.63) is 75.3 Å². The summed E-state index contributed by atoms with van der Waals surface area (Å²) < 4.78 is 5.46. The number of benzene rings is 2. The lowest BCUT2D eigenvalue weighted by atomic mass is 10.1. The first kappa shape index (κ1) is 18.6. The smallest absolute Gasteiger partial charge is 0.269 e. The summed E-state index contributed by atoms with van der Waals surface area (Å²) in [6, 6.07) is 14.7. The number of aliphatic imine (C=N–C) groups is 2. The van der Waals surface area contributed by atoms with E-state index in [0.717, 1.165) is 29.4 Å². The Morgan fingerprint density at radius 2 is 1.79 bits per heavy atom. The van der Waals surface area contributed by atoms with Crippen LogP contribution in [0.2, 0.25) is 0 Å². The molecule has 0 amide bonds. The van der Waals surface area contributed by atoms with Crippen LogP contribution in [0.4, 0.5) is 5.69 Å². The summed E-state index contributed by atoms with van der Waals surface area (Å²) in [5, 5.41) is 11.7. The summed E-state index contributed by atoms with van der Waals surface area (Å²) >= 11 is 1.57. The lowest BCUT2D eigenvalue weighted by molar-refractivity contribution is -0.384. The molecule has 2 aliphatic heterocycles. The second kappa shape index (κ2) is 8.12. The van der Waals surface area contributed by atoms with Crippen LogP contribution in [0, 0.1) is 17.0 Å². The molecule has 2 aromatic carbocycles. The Balaban J connectivity index is 1.68. The lowest BCUT2D eigenvalue weighted by Crippen LogP contribution is -2.40. The fourth-order valence-corrected chi connectivity index (χ4v) is 4.14. The van der Waals surface area contributed by atoms with Gasteiger partial charge >= 0.3 is 0 Å². The number of thioether (sulfide) groups is 1. The summed E-state index contributed by atoms with van der Waals surface area (Å²) in [4.78, 5) is 22.4. The van der Waals surface area contributed by atoms with E-state index in [4.69, 9.17) is 14.7 Å². The molecular weight excluding hydrogens is 376 g/mol. The van der Waals surface area contributed by atoms with Crippen molar-refractivity contribution < 1.29 is 9.66 Å². The molecule has 2 aromatic rings. The first-order valence-electron chi connectivity index (χ1n) is 9.07. The van der Waals surface area contributed by atoms with Crippen LogP contribution in [-0.2, 0) is 4.74 Å². The van der Waals surface area contributed by atoms with E-state index in [0.29, 0.717) is 19.0 Å². The van der Waals surface area contributed by atoms with Crippen LogP contribution >= 0.6 is 11.8 Å². The maximum absolute atomic E-state index is 10.9. The Morgan fingerprint density at radius 1 is 1.11 bits per heavy atom. The third-order valence-electron chi connectivity index (χ3n) is 4.64. The molecule has 8 heteroatoms. The van der Waals surface area contributed by atoms with Gasteiger partial charge in [-0.05, 0) is 24.6 Å². The van der Waals surface area contributed by atoms with Crippen molar-refractivity contribution >= 4 is 28.5 Å². The standard InChI is InChI=1S/C20H20N4O3S/c1-14-2-4-15(5-3-14)18-21-19(16-6-8-17(9-7-16)24(25)26)28-20(22-18)23-10-12-27-13-11-23/h2-9,19H,10-13H2,1H3. The van der Waals surface area contributed by atoms with Crippen LogP contribution in [0.3, 0.4) is 0 Å². The second-order valence-corrected chi connectivity index (χ2v) is 7.68. The highest BCUT2D eigenvalue weighted by molar-refractivity contribution is 8.14. The van der Waals surface area contributed by atoms with Gasteiger partial charge in [0.05, 0.1) is 18.1 Å². The summed E-state index contributed by atoms with van der Waals surface area (Å²) in [6.07, 6.45) is 0. The summed E-state index contributed by atoms with van der Waals surface area (Å²) in [7, 11) is 0. The minimum Gasteiger partial charge on any atom is -0.378 e. The number of amidine groups is 2. The van der Waals surface area contributed by atoms with E-state index in [1.165, 1.54) is 17.7 Å². The van der Waals surface area contributed by atoms with E-state index in [2.05, 4.69) is 4.90 Å². The summed E-state index contributed by atoms with van der Waals surface area (Å²) in [5.74, 6) is 0.684. The Morgan fingerprint density at radius 3 is 2.43 bits per heavy atom. The predicted molar refractivity (Wildman–Crippen MR) is 111 cm³/mol. The minimum absolute atomic E-state index is 0.0781. The van der Waals surface area contributed by atoms with Gasteiger partial charge in [0.2, 0.25) is 0 Å². The number of morpholine rings is 1. The highest BCUT2D eigenvalue weighted by Gasteiger charge is 2.26. The third kappa shape index (κ3) is 4.07. The van der Waals surface area contributed by atoms with Crippen molar-refractivity contribution in [2.45, 2.75) is 12.3 Å². The number of nitrogens with zero attached hydrogens (tertiary/aromatic N) is 4. The van der Waals surface area contributed by atoms with Crippen molar-refractivity contribution in [2.24, 2.45) is 9.98 Å². The monoisotopic (exact) mass is 396 g/mol. The molecule has 0 saturated carbocycles. The second-order valence-electron chi connectivity index (χ2n) is 6.63. The van der Waals surface area contributed by atoms with Gasteiger partial charge in [0.15, 0.2) is 11.0 Å². The molecule has 2 aliphatic rings. The van der Waals surface area contributed by atoms with E-state index < -0.39 is 0 Å². The Bertz CT molecular complexity index is 919. The van der Waals surface area contributed by atoms with Crippen LogP contribution in [0.5, 0.6) is 0 Å². The molecule has 7 nitrogen and oxygen atoms in total. The zero-order valence-electron chi connectivity index (χ0n) is 15.4. The first-order chi connectivity index (χ1) is 13.6. The molecule has 0 bridgehead atoms. The zero-order chi connectivity index (χ0) is 19.5. The van der Waals surface area contributed by atoms with Gasteiger partial charge in [-0.25, -0.2) is 9.98 Å². The van der Waals surface area contributed by atoms with Gasteiger partial charge in [-0.2, -0.15) is 0 Å². The molecule has 0 aliphatic carbocycles. The lowest BCUT2D eigenvalue weighted by Gasteiger charge is -2.32. The summed E-state index contributed by atoms with van der Waals surface area (Å²) in [5.41, 5.74) is 3.14. The number of hydrogen-bond acceptors (Lipinski definition) is 7. The molecule has 0 spiro atoms. The Kier molecular flexibility index (Phi) is 5.40. The van der Waals surface area contributed by atoms with E-state index in [-0.39, 0.29) is 16.0 Å². The quantitative estimate of drug-likeness (QED) is 0.583. The van der Waals surface area contributed by atoms with Crippen LogP contribution < -0.4 is 0 Å². The van der Waals surface area contributed by atoms with Gasteiger partial charge in [0, 0.05) is 30.8 Å². The van der Waals surface area contributed by atoms with E-state index >= 15 is 0 Å². The van der Waals surface area contributed by atoms with Crippen molar-refractivity contribution in [1.82, 2.24) is 4.90 Å². The molecule has 1 unspecified atom stereocenters. The molecule has 1 atom stereocenters. The maximum Gasteiger partial charge on any atom is 0.269 e. The number of aryl methyl sites for hydroxylation is 1. The number of nitro benzene ring substituents is 1. The highest BCUT2D eigenvalue weighted by Crippen LogP contribution is 2.37. The molecule has 4 rings (SSSR count). The van der Waals surface area contributed by atoms with Gasteiger partial charge in [-0.1, -0.05) is 41.6 Å². The fourth-order valence-electron chi connectivity index (χ4n) is 3.03. The minimum atomic E-state index is -0.389. The Labute approximate surface area is 167 Å². The first-order valence-corrected chi connectivity index (χ1v) is 9.95. The van der Waals surface area contributed by atoms with Gasteiger partial charge in [-0.15, -0.1) is 0 Å². The van der Waals surface area contributed by atoms with Gasteiger partial charge < -0.3 is 9.64 Å². The molecule has 1 saturated heterocycles. The van der Waals surface area contributed by atoms with E-state index in [1.54, 1.807) is 23.9 Å². The van der Waals surface area contributed by atoms with Crippen LogP contribution in [-0.4, -0.2) is 47.1 Å². The van der Waals surface area contributed by atoms with Gasteiger partial charge in [0.1, 0.15) is 5.37 Å². The molecule has 28 heavy (non-hydrogen) atoms. The zero-order valence-corrected chi connectivity index (χ0v) is 16.3. The topological polar surface area (TPSA) is 80.3 Å². The third-order valence-corrected chi connectivity index (χ3v) is 5.80.